The molecule has 1 aliphatic rings. The van der Waals surface area contributed by atoms with Crippen molar-refractivity contribution in [2.75, 3.05) is 11.9 Å². The van der Waals surface area contributed by atoms with Crippen LogP contribution in [0.3, 0.4) is 0 Å². The normalized spacial score (nSPS) is 20.5. The third-order valence-electron chi connectivity index (χ3n) is 3.81. The topological polar surface area (TPSA) is 44.4 Å². The average molecular weight is 323 g/mol. The number of rotatable bonds is 3. The SMILES string of the molecule is Cc1ccc(NC(=O)CN2C(=S)NC(C)(C)C[C@@H]2C)cc1F. The van der Waals surface area contributed by atoms with Crippen LogP contribution in [0, 0.1) is 12.7 Å². The first-order chi connectivity index (χ1) is 10.2. The Bertz CT molecular complexity index is 603. The minimum Gasteiger partial charge on any atom is -0.358 e. The maximum atomic E-state index is 13.5. The predicted octanol–water partition coefficient (Wildman–Crippen LogP) is 2.82. The Hall–Kier alpha value is -1.69. The van der Waals surface area contributed by atoms with Gasteiger partial charge in [-0.05, 0) is 64.0 Å². The Kier molecular flexibility index (Phi) is 4.70. The highest BCUT2D eigenvalue weighted by molar-refractivity contribution is 7.80. The average Bonchev–Trinajstić information content (AvgIpc) is 2.37. The molecule has 0 aliphatic carbocycles. The van der Waals surface area contributed by atoms with Crippen molar-refractivity contribution < 1.29 is 9.18 Å². The summed E-state index contributed by atoms with van der Waals surface area (Å²) in [7, 11) is 0. The zero-order valence-electron chi connectivity index (χ0n) is 13.4. The molecule has 2 N–H and O–H groups in total. The highest BCUT2D eigenvalue weighted by Gasteiger charge is 2.33. The van der Waals surface area contributed by atoms with Crippen LogP contribution >= 0.6 is 12.2 Å². The fourth-order valence-electron chi connectivity index (χ4n) is 2.71. The lowest BCUT2D eigenvalue weighted by atomic mass is 9.93. The monoisotopic (exact) mass is 323 g/mol. The minimum absolute atomic E-state index is 0.0659. The standard InChI is InChI=1S/C16H22FN3OS/c1-10-5-6-12(7-13(10)17)18-14(21)9-20-11(2)8-16(3,4)19-15(20)22/h5-7,11H,8-9H2,1-4H3,(H,18,21)(H,19,22)/t11-/m0/s1. The van der Waals surface area contributed by atoms with E-state index in [0.717, 1.165) is 6.42 Å². The number of amides is 1. The Balaban J connectivity index is 1.99. The van der Waals surface area contributed by atoms with Crippen LogP contribution in [0.25, 0.3) is 0 Å². The van der Waals surface area contributed by atoms with Crippen LogP contribution in [0.1, 0.15) is 32.8 Å². The number of nitrogens with zero attached hydrogens (tertiary/aromatic N) is 1. The van der Waals surface area contributed by atoms with Gasteiger partial charge in [0.15, 0.2) is 5.11 Å². The van der Waals surface area contributed by atoms with Gasteiger partial charge in [-0.2, -0.15) is 0 Å². The number of halogens is 1. The molecule has 1 aromatic carbocycles. The zero-order valence-corrected chi connectivity index (χ0v) is 14.2. The van der Waals surface area contributed by atoms with Gasteiger partial charge in [-0.1, -0.05) is 6.07 Å². The molecule has 120 valence electrons. The second kappa shape index (κ2) is 6.20. The van der Waals surface area contributed by atoms with Crippen molar-refractivity contribution in [3.8, 4) is 0 Å². The zero-order chi connectivity index (χ0) is 16.5. The number of thiocarbonyl (C=S) groups is 1. The van der Waals surface area contributed by atoms with Gasteiger partial charge in [-0.15, -0.1) is 0 Å². The van der Waals surface area contributed by atoms with Crippen molar-refractivity contribution in [1.82, 2.24) is 10.2 Å². The van der Waals surface area contributed by atoms with Crippen molar-refractivity contribution >= 4 is 28.9 Å². The van der Waals surface area contributed by atoms with Gasteiger partial charge in [0.25, 0.3) is 0 Å². The minimum atomic E-state index is -0.330. The van der Waals surface area contributed by atoms with E-state index in [1.54, 1.807) is 19.1 Å². The van der Waals surface area contributed by atoms with E-state index in [9.17, 15) is 9.18 Å². The molecular weight excluding hydrogens is 301 g/mol. The molecule has 22 heavy (non-hydrogen) atoms. The largest absolute Gasteiger partial charge is 0.358 e. The summed E-state index contributed by atoms with van der Waals surface area (Å²) < 4.78 is 13.5. The van der Waals surface area contributed by atoms with Crippen LogP contribution < -0.4 is 10.6 Å². The number of hydrogen-bond donors (Lipinski definition) is 2. The van der Waals surface area contributed by atoms with E-state index in [2.05, 4.69) is 24.5 Å². The molecule has 0 unspecified atom stereocenters. The van der Waals surface area contributed by atoms with Crippen molar-refractivity contribution in [2.45, 2.75) is 45.7 Å². The van der Waals surface area contributed by atoms with E-state index in [4.69, 9.17) is 12.2 Å². The van der Waals surface area contributed by atoms with Gasteiger partial charge in [0.1, 0.15) is 5.82 Å². The van der Waals surface area contributed by atoms with Crippen molar-refractivity contribution in [1.29, 1.82) is 0 Å². The van der Waals surface area contributed by atoms with Crippen molar-refractivity contribution in [3.05, 3.63) is 29.6 Å². The molecule has 1 saturated heterocycles. The highest BCUT2D eigenvalue weighted by Crippen LogP contribution is 2.22. The molecule has 0 aromatic heterocycles. The lowest BCUT2D eigenvalue weighted by Gasteiger charge is -2.44. The lowest BCUT2D eigenvalue weighted by molar-refractivity contribution is -0.117. The van der Waals surface area contributed by atoms with Gasteiger partial charge >= 0.3 is 0 Å². The van der Waals surface area contributed by atoms with Crippen LogP contribution in [0.5, 0.6) is 0 Å². The van der Waals surface area contributed by atoms with E-state index >= 15 is 0 Å². The third-order valence-corrected chi connectivity index (χ3v) is 4.15. The fraction of sp³-hybridized carbons (Fsp3) is 0.500. The molecule has 0 saturated carbocycles. The van der Waals surface area contributed by atoms with Crippen LogP contribution in [-0.2, 0) is 4.79 Å². The molecule has 4 nitrogen and oxygen atoms in total. The second-order valence-electron chi connectivity index (χ2n) is 6.51. The molecular formula is C16H22FN3OS. The summed E-state index contributed by atoms with van der Waals surface area (Å²) in [5.41, 5.74) is 0.941. The van der Waals surface area contributed by atoms with Crippen molar-refractivity contribution in [3.63, 3.8) is 0 Å². The summed E-state index contributed by atoms with van der Waals surface area (Å²) in [4.78, 5) is 14.0. The Morgan fingerprint density at radius 3 is 2.82 bits per heavy atom. The van der Waals surface area contributed by atoms with Crippen LogP contribution in [-0.4, -0.2) is 34.0 Å². The first-order valence-corrected chi connectivity index (χ1v) is 7.73. The van der Waals surface area contributed by atoms with E-state index in [0.29, 0.717) is 16.4 Å². The number of carbonyl (C=O) groups excluding carboxylic acids is 1. The van der Waals surface area contributed by atoms with Gasteiger partial charge in [-0.25, -0.2) is 4.39 Å². The van der Waals surface area contributed by atoms with Crippen LogP contribution in [0.4, 0.5) is 10.1 Å². The highest BCUT2D eigenvalue weighted by atomic mass is 32.1. The summed E-state index contributed by atoms with van der Waals surface area (Å²) >= 11 is 5.35. The number of anilines is 1. The fourth-order valence-corrected chi connectivity index (χ4v) is 3.24. The molecule has 1 fully saturated rings. The molecule has 0 spiro atoms. The van der Waals surface area contributed by atoms with Gasteiger partial charge < -0.3 is 15.5 Å². The summed E-state index contributed by atoms with van der Waals surface area (Å²) in [5.74, 6) is -0.540. The van der Waals surface area contributed by atoms with E-state index in [1.165, 1.54) is 6.07 Å². The van der Waals surface area contributed by atoms with Gasteiger partial charge in [0.05, 0.1) is 6.54 Å². The number of carbonyl (C=O) groups is 1. The Labute approximate surface area is 136 Å². The predicted molar refractivity (Wildman–Crippen MR) is 90.4 cm³/mol. The summed E-state index contributed by atoms with van der Waals surface area (Å²) in [5, 5.41) is 6.53. The van der Waals surface area contributed by atoms with Crippen molar-refractivity contribution in [2.24, 2.45) is 0 Å². The number of benzene rings is 1. The molecule has 2 rings (SSSR count). The molecule has 6 heteroatoms. The molecule has 1 aromatic rings. The van der Waals surface area contributed by atoms with E-state index in [1.807, 2.05) is 11.8 Å². The summed E-state index contributed by atoms with van der Waals surface area (Å²) in [6, 6.07) is 4.83. The van der Waals surface area contributed by atoms with Gasteiger partial charge in [-0.3, -0.25) is 4.79 Å². The maximum absolute atomic E-state index is 13.5. The summed E-state index contributed by atoms with van der Waals surface area (Å²) in [6.45, 7) is 8.05. The van der Waals surface area contributed by atoms with Crippen LogP contribution in [0.15, 0.2) is 18.2 Å². The molecule has 1 atom stereocenters. The molecule has 1 amide bonds. The Morgan fingerprint density at radius 2 is 2.23 bits per heavy atom. The van der Waals surface area contributed by atoms with E-state index in [-0.39, 0.29) is 29.8 Å². The summed E-state index contributed by atoms with van der Waals surface area (Å²) in [6.07, 6.45) is 0.888. The first kappa shape index (κ1) is 16.7. The Morgan fingerprint density at radius 1 is 1.55 bits per heavy atom. The third kappa shape index (κ3) is 3.94. The molecule has 1 aliphatic heterocycles. The second-order valence-corrected chi connectivity index (χ2v) is 6.89. The van der Waals surface area contributed by atoms with Gasteiger partial charge in [0, 0.05) is 17.3 Å². The molecule has 0 bridgehead atoms. The number of hydrogen-bond acceptors (Lipinski definition) is 2. The molecule has 0 radical (unpaired) electrons. The first-order valence-electron chi connectivity index (χ1n) is 7.33. The smallest absolute Gasteiger partial charge is 0.243 e. The van der Waals surface area contributed by atoms with Crippen LogP contribution in [0.2, 0.25) is 0 Å². The van der Waals surface area contributed by atoms with E-state index < -0.39 is 0 Å². The maximum Gasteiger partial charge on any atom is 0.243 e. The number of nitrogens with one attached hydrogen (secondary N) is 2. The quantitative estimate of drug-likeness (QED) is 0.840. The molecule has 1 heterocycles. The lowest BCUT2D eigenvalue weighted by Crippen LogP contribution is -2.61. The number of aryl methyl sites for hydroxylation is 1. The van der Waals surface area contributed by atoms with Gasteiger partial charge in [0.2, 0.25) is 5.91 Å².